The molecule has 1 rings (SSSR count). The Morgan fingerprint density at radius 1 is 0.821 bits per heavy atom. The van der Waals surface area contributed by atoms with Crippen LogP contribution in [0.15, 0.2) is 94.7 Å². The van der Waals surface area contributed by atoms with Gasteiger partial charge in [0, 0.05) is 0 Å². The van der Waals surface area contributed by atoms with E-state index in [-0.39, 0.29) is 5.41 Å². The Bertz CT molecular complexity index is 771. The Morgan fingerprint density at radius 2 is 1.36 bits per heavy atom. The summed E-state index contributed by atoms with van der Waals surface area (Å²) in [6.45, 7) is 13.2. The van der Waals surface area contributed by atoms with E-state index in [1.165, 1.54) is 47.6 Å². The molecule has 1 aliphatic rings. The van der Waals surface area contributed by atoms with Crippen LogP contribution in [0.25, 0.3) is 0 Å². The smallest absolute Gasteiger partial charge is 0.142 e. The zero-order valence-electron chi connectivity index (χ0n) is 18.5. The Morgan fingerprint density at radius 3 is 1.93 bits per heavy atom. The van der Waals surface area contributed by atoms with Gasteiger partial charge in [0.25, 0.3) is 0 Å². The molecule has 0 N–H and O–H groups in total. The summed E-state index contributed by atoms with van der Waals surface area (Å²) in [5.74, 6) is 0. The van der Waals surface area contributed by atoms with Crippen LogP contribution in [0.5, 0.6) is 0 Å². The highest BCUT2D eigenvalue weighted by atomic mass is 16.1. The predicted octanol–water partition coefficient (Wildman–Crippen LogP) is 7.78. The molecule has 1 aliphatic carbocycles. The first-order valence-electron chi connectivity index (χ1n) is 10.1. The molecule has 0 amide bonds. The first-order chi connectivity index (χ1) is 13.3. The largest absolute Gasteiger partial charge is 0.299 e. The van der Waals surface area contributed by atoms with Crippen LogP contribution >= 0.6 is 0 Å². The topological polar surface area (TPSA) is 17.1 Å². The summed E-state index contributed by atoms with van der Waals surface area (Å²) in [5, 5.41) is 0. The van der Waals surface area contributed by atoms with Crippen molar-refractivity contribution in [3.05, 3.63) is 94.7 Å². The molecular weight excluding hydrogens is 340 g/mol. The predicted molar refractivity (Wildman–Crippen MR) is 124 cm³/mol. The van der Waals surface area contributed by atoms with Gasteiger partial charge in [0.1, 0.15) is 6.29 Å². The Hall–Kier alpha value is -2.41. The minimum absolute atomic E-state index is 0.288. The van der Waals surface area contributed by atoms with Crippen LogP contribution in [-0.2, 0) is 4.79 Å². The van der Waals surface area contributed by atoms with Gasteiger partial charge in [-0.25, -0.2) is 0 Å². The van der Waals surface area contributed by atoms with Crippen molar-refractivity contribution in [3.63, 3.8) is 0 Å². The van der Waals surface area contributed by atoms with Crippen molar-refractivity contribution in [1.29, 1.82) is 0 Å². The zero-order chi connectivity index (χ0) is 21.0. The molecule has 1 nitrogen and oxygen atoms in total. The lowest BCUT2D eigenvalue weighted by Crippen LogP contribution is -2.19. The summed E-state index contributed by atoms with van der Waals surface area (Å²) in [6, 6.07) is 0. The normalized spacial score (nSPS) is 19.7. The maximum absolute atomic E-state index is 10.3. The van der Waals surface area contributed by atoms with E-state index in [0.717, 1.165) is 11.9 Å². The molecule has 28 heavy (non-hydrogen) atoms. The molecule has 0 fully saturated rings. The quantitative estimate of drug-likeness (QED) is 0.240. The van der Waals surface area contributed by atoms with Crippen molar-refractivity contribution in [2.24, 2.45) is 5.41 Å². The third-order valence-electron chi connectivity index (χ3n) is 5.04. The number of hydrogen-bond acceptors (Lipinski definition) is 1. The number of allylic oxidation sites excluding steroid dienone is 16. The average Bonchev–Trinajstić information content (AvgIpc) is 2.62. The average molecular weight is 377 g/mol. The fourth-order valence-electron chi connectivity index (χ4n) is 3.35. The SMILES string of the molecule is CC(C=CC=O)=CC=CC=C(C)C=CC=C(C)C=CC1=C(C)CCCC1(C)C. The highest BCUT2D eigenvalue weighted by Gasteiger charge is 2.26. The summed E-state index contributed by atoms with van der Waals surface area (Å²) in [6.07, 6.45) is 26.8. The van der Waals surface area contributed by atoms with Crippen molar-refractivity contribution in [1.82, 2.24) is 0 Å². The molecule has 0 heterocycles. The third kappa shape index (κ3) is 8.99. The van der Waals surface area contributed by atoms with Gasteiger partial charge in [-0.3, -0.25) is 4.79 Å². The molecule has 0 saturated heterocycles. The van der Waals surface area contributed by atoms with E-state index in [0.29, 0.717) is 0 Å². The molecular formula is C27H36O. The fourth-order valence-corrected chi connectivity index (χ4v) is 3.35. The van der Waals surface area contributed by atoms with Crippen LogP contribution in [0.1, 0.15) is 60.8 Å². The molecule has 0 aromatic heterocycles. The van der Waals surface area contributed by atoms with E-state index in [9.17, 15) is 4.79 Å². The summed E-state index contributed by atoms with van der Waals surface area (Å²) in [5.41, 5.74) is 6.81. The highest BCUT2D eigenvalue weighted by molar-refractivity contribution is 5.65. The van der Waals surface area contributed by atoms with E-state index >= 15 is 0 Å². The number of rotatable bonds is 8. The van der Waals surface area contributed by atoms with E-state index in [2.05, 4.69) is 71.1 Å². The molecule has 0 atom stereocenters. The Kier molecular flexibility index (Phi) is 10.2. The van der Waals surface area contributed by atoms with Gasteiger partial charge in [-0.15, -0.1) is 0 Å². The number of aldehydes is 1. The lowest BCUT2D eigenvalue weighted by Gasteiger charge is -2.32. The van der Waals surface area contributed by atoms with Crippen molar-refractivity contribution in [2.75, 3.05) is 0 Å². The number of carbonyl (C=O) groups excluding carboxylic acids is 1. The highest BCUT2D eigenvalue weighted by Crippen LogP contribution is 2.40. The minimum atomic E-state index is 0.288. The maximum atomic E-state index is 10.3. The maximum Gasteiger partial charge on any atom is 0.142 e. The lowest BCUT2D eigenvalue weighted by molar-refractivity contribution is -0.104. The van der Waals surface area contributed by atoms with Gasteiger partial charge < -0.3 is 0 Å². The van der Waals surface area contributed by atoms with Crippen LogP contribution in [0, 0.1) is 5.41 Å². The summed E-state index contributed by atoms with van der Waals surface area (Å²) >= 11 is 0. The molecule has 0 aromatic carbocycles. The van der Waals surface area contributed by atoms with Crippen LogP contribution in [0.3, 0.4) is 0 Å². The second-order valence-electron chi connectivity index (χ2n) is 8.24. The second-order valence-corrected chi connectivity index (χ2v) is 8.24. The van der Waals surface area contributed by atoms with Crippen molar-refractivity contribution in [3.8, 4) is 0 Å². The number of hydrogen-bond donors (Lipinski definition) is 0. The zero-order valence-corrected chi connectivity index (χ0v) is 18.5. The van der Waals surface area contributed by atoms with E-state index in [4.69, 9.17) is 0 Å². The monoisotopic (exact) mass is 376 g/mol. The molecule has 0 spiro atoms. The van der Waals surface area contributed by atoms with Crippen LogP contribution in [0.2, 0.25) is 0 Å². The van der Waals surface area contributed by atoms with Gasteiger partial charge in [0.05, 0.1) is 0 Å². The fraction of sp³-hybridized carbons (Fsp3) is 0.370. The van der Waals surface area contributed by atoms with Crippen molar-refractivity contribution < 1.29 is 4.79 Å². The van der Waals surface area contributed by atoms with Crippen molar-refractivity contribution in [2.45, 2.75) is 60.8 Å². The van der Waals surface area contributed by atoms with Gasteiger partial charge in [-0.2, -0.15) is 0 Å². The minimum Gasteiger partial charge on any atom is -0.299 e. The standard InChI is InChI=1S/C27H36O/c1-22(12-7-8-13-23(2)16-11-21-28)14-9-15-24(3)18-19-26-25(4)17-10-20-27(26,5)6/h7-9,11-16,18-19,21H,10,17,20H2,1-6H3. The summed E-state index contributed by atoms with van der Waals surface area (Å²) in [7, 11) is 0. The van der Waals surface area contributed by atoms with E-state index in [1.54, 1.807) is 6.08 Å². The summed E-state index contributed by atoms with van der Waals surface area (Å²) < 4.78 is 0. The molecule has 0 aliphatic heterocycles. The molecule has 1 heteroatoms. The molecule has 0 unspecified atom stereocenters. The van der Waals surface area contributed by atoms with E-state index in [1.807, 2.05) is 25.2 Å². The molecule has 0 bridgehead atoms. The first-order valence-corrected chi connectivity index (χ1v) is 10.1. The molecule has 0 saturated carbocycles. The Labute approximate surface area is 172 Å². The van der Waals surface area contributed by atoms with Crippen LogP contribution in [-0.4, -0.2) is 6.29 Å². The molecule has 0 radical (unpaired) electrons. The van der Waals surface area contributed by atoms with E-state index < -0.39 is 0 Å². The van der Waals surface area contributed by atoms with Gasteiger partial charge in [0.15, 0.2) is 0 Å². The molecule has 0 aromatic rings. The van der Waals surface area contributed by atoms with Gasteiger partial charge in [-0.1, -0.05) is 96.9 Å². The van der Waals surface area contributed by atoms with Crippen LogP contribution in [0.4, 0.5) is 0 Å². The summed E-state index contributed by atoms with van der Waals surface area (Å²) in [4.78, 5) is 10.3. The molecule has 150 valence electrons. The number of carbonyl (C=O) groups is 1. The second kappa shape index (κ2) is 12.1. The lowest BCUT2D eigenvalue weighted by atomic mass is 9.72. The van der Waals surface area contributed by atoms with Gasteiger partial charge >= 0.3 is 0 Å². The van der Waals surface area contributed by atoms with Gasteiger partial charge in [-0.05, 0) is 64.0 Å². The van der Waals surface area contributed by atoms with Gasteiger partial charge in [0.2, 0.25) is 0 Å². The van der Waals surface area contributed by atoms with Crippen molar-refractivity contribution >= 4 is 6.29 Å². The van der Waals surface area contributed by atoms with Crippen LogP contribution < -0.4 is 0 Å². The third-order valence-corrected chi connectivity index (χ3v) is 5.04. The first kappa shape index (κ1) is 23.6. The Balaban J connectivity index is 2.67.